The van der Waals surface area contributed by atoms with E-state index >= 15 is 0 Å². The molecule has 1 aromatic rings. The van der Waals surface area contributed by atoms with Crippen molar-refractivity contribution < 1.29 is 9.18 Å². The minimum Gasteiger partial charge on any atom is -0.351 e. The molecule has 0 fully saturated rings. The summed E-state index contributed by atoms with van der Waals surface area (Å²) in [6.07, 6.45) is 0.889. The number of benzene rings is 1. The molecule has 1 aromatic carbocycles. The molecule has 0 aliphatic carbocycles. The van der Waals surface area contributed by atoms with Crippen LogP contribution >= 0.6 is 11.8 Å². The van der Waals surface area contributed by atoms with Gasteiger partial charge in [0.1, 0.15) is 5.82 Å². The molecule has 0 aliphatic rings. The maximum atomic E-state index is 12.7. The van der Waals surface area contributed by atoms with E-state index in [1.54, 1.807) is 12.1 Å². The van der Waals surface area contributed by atoms with E-state index in [0.29, 0.717) is 5.75 Å². The molecule has 1 amide bonds. The van der Waals surface area contributed by atoms with Gasteiger partial charge in [-0.1, -0.05) is 6.92 Å². The number of halogens is 1. The molecule has 94 valence electrons. The first kappa shape index (κ1) is 14.0. The van der Waals surface area contributed by atoms with Crippen LogP contribution < -0.4 is 5.32 Å². The summed E-state index contributed by atoms with van der Waals surface area (Å²) in [5, 5.41) is 2.95. The molecule has 0 aromatic heterocycles. The van der Waals surface area contributed by atoms with E-state index in [-0.39, 0.29) is 17.3 Å². The lowest BCUT2D eigenvalue weighted by Gasteiger charge is -2.24. The summed E-state index contributed by atoms with van der Waals surface area (Å²) in [4.78, 5) is 12.6. The molecule has 0 aliphatic heterocycles. The van der Waals surface area contributed by atoms with Crippen molar-refractivity contribution in [1.29, 1.82) is 0 Å². The van der Waals surface area contributed by atoms with Gasteiger partial charge in [-0.3, -0.25) is 4.79 Å². The molecule has 0 radical (unpaired) electrons. The van der Waals surface area contributed by atoms with Gasteiger partial charge in [0.2, 0.25) is 5.91 Å². The fourth-order valence-corrected chi connectivity index (χ4v) is 1.88. The third kappa shape index (κ3) is 5.22. The van der Waals surface area contributed by atoms with Gasteiger partial charge in [0.15, 0.2) is 0 Å². The molecule has 17 heavy (non-hydrogen) atoms. The van der Waals surface area contributed by atoms with Gasteiger partial charge in [-0.15, -0.1) is 11.8 Å². The average Bonchev–Trinajstić information content (AvgIpc) is 2.28. The van der Waals surface area contributed by atoms with Crippen LogP contribution in [-0.4, -0.2) is 17.2 Å². The largest absolute Gasteiger partial charge is 0.351 e. The van der Waals surface area contributed by atoms with E-state index in [9.17, 15) is 9.18 Å². The summed E-state index contributed by atoms with van der Waals surface area (Å²) in [6.45, 7) is 6.02. The molecular weight excluding hydrogens is 237 g/mol. The highest BCUT2D eigenvalue weighted by Crippen LogP contribution is 2.18. The monoisotopic (exact) mass is 255 g/mol. The topological polar surface area (TPSA) is 29.1 Å². The Morgan fingerprint density at radius 1 is 1.35 bits per heavy atom. The van der Waals surface area contributed by atoms with Crippen molar-refractivity contribution in [2.24, 2.45) is 0 Å². The maximum absolute atomic E-state index is 12.7. The molecule has 0 spiro atoms. The summed E-state index contributed by atoms with van der Waals surface area (Å²) in [7, 11) is 0. The van der Waals surface area contributed by atoms with Gasteiger partial charge >= 0.3 is 0 Å². The molecule has 0 bridgehead atoms. The van der Waals surface area contributed by atoms with Gasteiger partial charge in [0.25, 0.3) is 0 Å². The number of hydrogen-bond donors (Lipinski definition) is 1. The zero-order chi connectivity index (χ0) is 12.9. The number of carbonyl (C=O) groups is 1. The van der Waals surface area contributed by atoms with Crippen molar-refractivity contribution in [3.63, 3.8) is 0 Å². The number of amides is 1. The van der Waals surface area contributed by atoms with Crippen molar-refractivity contribution >= 4 is 17.7 Å². The molecular formula is C13H18FNOS. The van der Waals surface area contributed by atoms with Gasteiger partial charge in [-0.25, -0.2) is 4.39 Å². The van der Waals surface area contributed by atoms with Crippen LogP contribution in [0.5, 0.6) is 0 Å². The molecule has 2 nitrogen and oxygen atoms in total. The number of hydrogen-bond acceptors (Lipinski definition) is 2. The molecule has 0 heterocycles. The average molecular weight is 255 g/mol. The highest BCUT2D eigenvalue weighted by molar-refractivity contribution is 8.00. The maximum Gasteiger partial charge on any atom is 0.230 e. The van der Waals surface area contributed by atoms with Crippen molar-refractivity contribution in [3.8, 4) is 0 Å². The summed E-state index contributed by atoms with van der Waals surface area (Å²) in [5.41, 5.74) is -0.166. The summed E-state index contributed by atoms with van der Waals surface area (Å²) in [6, 6.07) is 6.16. The second kappa shape index (κ2) is 6.05. The Morgan fingerprint density at radius 2 is 1.94 bits per heavy atom. The van der Waals surface area contributed by atoms with Crippen molar-refractivity contribution in [1.82, 2.24) is 5.32 Å². The van der Waals surface area contributed by atoms with E-state index in [0.717, 1.165) is 11.3 Å². The number of thioether (sulfide) groups is 1. The van der Waals surface area contributed by atoms with Crippen LogP contribution in [0.4, 0.5) is 4.39 Å². The van der Waals surface area contributed by atoms with E-state index in [1.807, 2.05) is 20.8 Å². The number of nitrogens with one attached hydrogen (secondary N) is 1. The van der Waals surface area contributed by atoms with E-state index in [1.165, 1.54) is 23.9 Å². The normalized spacial score (nSPS) is 11.3. The van der Waals surface area contributed by atoms with Crippen LogP contribution in [0.1, 0.15) is 27.2 Å². The van der Waals surface area contributed by atoms with Gasteiger partial charge in [-0.05, 0) is 44.5 Å². The Morgan fingerprint density at radius 3 is 2.47 bits per heavy atom. The fraction of sp³-hybridized carbons (Fsp3) is 0.462. The quantitative estimate of drug-likeness (QED) is 0.818. The lowest BCUT2D eigenvalue weighted by molar-refractivity contribution is -0.120. The number of rotatable bonds is 5. The minimum atomic E-state index is -0.258. The lowest BCUT2D eigenvalue weighted by atomic mass is 10.0. The Balaban J connectivity index is 2.41. The minimum absolute atomic E-state index is 0.00572. The fourth-order valence-electron chi connectivity index (χ4n) is 1.18. The molecule has 0 atom stereocenters. The molecule has 0 unspecified atom stereocenters. The Labute approximate surface area is 106 Å². The van der Waals surface area contributed by atoms with Crippen LogP contribution in [0, 0.1) is 5.82 Å². The van der Waals surface area contributed by atoms with E-state index < -0.39 is 0 Å². The van der Waals surface area contributed by atoms with E-state index in [2.05, 4.69) is 5.32 Å². The Hall–Kier alpha value is -1.03. The van der Waals surface area contributed by atoms with Gasteiger partial charge in [0, 0.05) is 10.4 Å². The van der Waals surface area contributed by atoms with Crippen molar-refractivity contribution in [2.75, 3.05) is 5.75 Å². The van der Waals surface area contributed by atoms with Crippen molar-refractivity contribution in [3.05, 3.63) is 30.1 Å². The SMILES string of the molecule is CCC(C)(C)NC(=O)CSc1ccc(F)cc1. The molecule has 1 rings (SSSR count). The third-order valence-electron chi connectivity index (χ3n) is 2.55. The highest BCUT2D eigenvalue weighted by Gasteiger charge is 2.17. The van der Waals surface area contributed by atoms with Crippen LogP contribution in [0.15, 0.2) is 29.2 Å². The Bertz CT molecular complexity index is 376. The molecule has 0 saturated heterocycles. The van der Waals surface area contributed by atoms with E-state index in [4.69, 9.17) is 0 Å². The lowest BCUT2D eigenvalue weighted by Crippen LogP contribution is -2.43. The van der Waals surface area contributed by atoms with Crippen LogP contribution in [0.3, 0.4) is 0 Å². The van der Waals surface area contributed by atoms with Gasteiger partial charge < -0.3 is 5.32 Å². The third-order valence-corrected chi connectivity index (χ3v) is 3.56. The molecule has 1 N–H and O–H groups in total. The molecule has 0 saturated carbocycles. The second-order valence-corrected chi connectivity index (χ2v) is 5.58. The standard InChI is InChI=1S/C13H18FNOS/c1-4-13(2,3)15-12(16)9-17-11-7-5-10(14)6-8-11/h5-8H,4,9H2,1-3H3,(H,15,16). The zero-order valence-electron chi connectivity index (χ0n) is 10.4. The second-order valence-electron chi connectivity index (χ2n) is 4.53. The first-order valence-corrected chi connectivity index (χ1v) is 6.61. The zero-order valence-corrected chi connectivity index (χ0v) is 11.2. The summed E-state index contributed by atoms with van der Waals surface area (Å²) >= 11 is 1.41. The first-order valence-electron chi connectivity index (χ1n) is 5.62. The Kier molecular flexibility index (Phi) is 5.00. The van der Waals surface area contributed by atoms with Gasteiger partial charge in [-0.2, -0.15) is 0 Å². The number of carbonyl (C=O) groups excluding carboxylic acids is 1. The molecule has 4 heteroatoms. The summed E-state index contributed by atoms with van der Waals surface area (Å²) in [5.74, 6) is 0.104. The first-order chi connectivity index (χ1) is 7.93. The van der Waals surface area contributed by atoms with Gasteiger partial charge in [0.05, 0.1) is 5.75 Å². The van der Waals surface area contributed by atoms with Crippen LogP contribution in [-0.2, 0) is 4.79 Å². The van der Waals surface area contributed by atoms with Crippen molar-refractivity contribution in [2.45, 2.75) is 37.6 Å². The predicted molar refractivity (Wildman–Crippen MR) is 69.6 cm³/mol. The smallest absolute Gasteiger partial charge is 0.230 e. The summed E-state index contributed by atoms with van der Waals surface area (Å²) < 4.78 is 12.7. The van der Waals surface area contributed by atoms with Crippen LogP contribution in [0.25, 0.3) is 0 Å². The highest BCUT2D eigenvalue weighted by atomic mass is 32.2. The predicted octanol–water partition coefficient (Wildman–Crippen LogP) is 3.22. The van der Waals surface area contributed by atoms with Crippen LogP contribution in [0.2, 0.25) is 0 Å².